The molecule has 0 aliphatic heterocycles. The molecule has 0 saturated carbocycles. The monoisotopic (exact) mass is 350 g/mol. The number of nitrogens with zero attached hydrogens (tertiary/aromatic N) is 2. The maximum atomic E-state index is 12.4. The number of aromatic nitrogens is 3. The Morgan fingerprint density at radius 1 is 1.16 bits per heavy atom. The van der Waals surface area contributed by atoms with Crippen LogP contribution in [-0.2, 0) is 7.05 Å². The number of hydrogen-bond donors (Lipinski definition) is 2. The highest BCUT2D eigenvalue weighted by molar-refractivity contribution is 6.31. The van der Waals surface area contributed by atoms with Gasteiger partial charge in [-0.1, -0.05) is 35.9 Å². The molecule has 0 aliphatic carbocycles. The standard InChI is InChI=1S/C19H15ClN4O/c1-24-11-13(20)10-17(24)19(25)21-14-6-4-5-12(9-14)18-22-15-7-2-3-8-16(15)23-18/h2-11H,1H3,(H,21,25)(H,22,23). The van der Waals surface area contributed by atoms with E-state index in [0.717, 1.165) is 22.4 Å². The van der Waals surface area contributed by atoms with E-state index in [1.165, 1.54) is 0 Å². The molecule has 0 fully saturated rings. The summed E-state index contributed by atoms with van der Waals surface area (Å²) in [5.74, 6) is 0.551. The average molecular weight is 351 g/mol. The molecule has 0 bridgehead atoms. The van der Waals surface area contributed by atoms with Crippen molar-refractivity contribution >= 4 is 34.2 Å². The highest BCUT2D eigenvalue weighted by Gasteiger charge is 2.12. The van der Waals surface area contributed by atoms with Crippen molar-refractivity contribution in [2.45, 2.75) is 0 Å². The molecule has 2 N–H and O–H groups in total. The van der Waals surface area contributed by atoms with Crippen LogP contribution in [0.1, 0.15) is 10.5 Å². The molecule has 1 amide bonds. The SMILES string of the molecule is Cn1cc(Cl)cc1C(=O)Nc1cccc(-c2nc3ccccc3[nH]2)c1. The predicted octanol–water partition coefficient (Wildman–Crippen LogP) is 4.47. The number of amides is 1. The Labute approximate surface area is 149 Å². The molecule has 124 valence electrons. The fourth-order valence-corrected chi connectivity index (χ4v) is 3.03. The lowest BCUT2D eigenvalue weighted by atomic mass is 10.2. The van der Waals surface area contributed by atoms with Gasteiger partial charge in [-0.15, -0.1) is 0 Å². The third-order valence-electron chi connectivity index (χ3n) is 3.99. The van der Waals surface area contributed by atoms with E-state index in [4.69, 9.17) is 11.6 Å². The molecular formula is C19H15ClN4O. The number of fused-ring (bicyclic) bond motifs is 1. The summed E-state index contributed by atoms with van der Waals surface area (Å²) in [6, 6.07) is 17.1. The van der Waals surface area contributed by atoms with Gasteiger partial charge in [-0.3, -0.25) is 4.79 Å². The Bertz CT molecular complexity index is 1050. The Hall–Kier alpha value is -3.05. The number of carbonyl (C=O) groups is 1. The lowest BCUT2D eigenvalue weighted by Crippen LogP contribution is -2.15. The van der Waals surface area contributed by atoms with Gasteiger partial charge in [0.2, 0.25) is 0 Å². The highest BCUT2D eigenvalue weighted by atomic mass is 35.5. The van der Waals surface area contributed by atoms with Crippen LogP contribution < -0.4 is 5.32 Å². The molecular weight excluding hydrogens is 336 g/mol. The molecule has 2 aromatic heterocycles. The first kappa shape index (κ1) is 15.5. The van der Waals surface area contributed by atoms with E-state index in [2.05, 4.69) is 15.3 Å². The summed E-state index contributed by atoms with van der Waals surface area (Å²) < 4.78 is 1.70. The Balaban J connectivity index is 1.63. The van der Waals surface area contributed by atoms with Gasteiger partial charge < -0.3 is 14.9 Å². The summed E-state index contributed by atoms with van der Waals surface area (Å²) >= 11 is 5.94. The van der Waals surface area contributed by atoms with Crippen LogP contribution in [0.15, 0.2) is 60.8 Å². The molecule has 0 saturated heterocycles. The molecule has 0 atom stereocenters. The number of para-hydroxylation sites is 2. The van der Waals surface area contributed by atoms with Crippen molar-refractivity contribution in [2.75, 3.05) is 5.32 Å². The van der Waals surface area contributed by atoms with E-state index in [-0.39, 0.29) is 5.91 Å². The summed E-state index contributed by atoms with van der Waals surface area (Å²) in [6.07, 6.45) is 1.70. The van der Waals surface area contributed by atoms with Gasteiger partial charge in [0.15, 0.2) is 0 Å². The number of carbonyl (C=O) groups excluding carboxylic acids is 1. The van der Waals surface area contributed by atoms with Crippen molar-refractivity contribution in [3.8, 4) is 11.4 Å². The van der Waals surface area contributed by atoms with Crippen LogP contribution in [0.2, 0.25) is 5.02 Å². The molecule has 0 spiro atoms. The smallest absolute Gasteiger partial charge is 0.272 e. The van der Waals surface area contributed by atoms with E-state index in [9.17, 15) is 4.79 Å². The largest absolute Gasteiger partial charge is 0.345 e. The first-order valence-corrected chi connectivity index (χ1v) is 8.16. The molecule has 2 aromatic carbocycles. The minimum absolute atomic E-state index is 0.212. The molecule has 4 aromatic rings. The Morgan fingerprint density at radius 2 is 2.00 bits per heavy atom. The number of imidazole rings is 1. The van der Waals surface area contributed by atoms with Gasteiger partial charge in [0.25, 0.3) is 5.91 Å². The second kappa shape index (κ2) is 6.11. The van der Waals surface area contributed by atoms with E-state index >= 15 is 0 Å². The quantitative estimate of drug-likeness (QED) is 0.572. The first-order valence-electron chi connectivity index (χ1n) is 7.78. The molecule has 2 heterocycles. The van der Waals surface area contributed by atoms with Crippen molar-refractivity contribution in [2.24, 2.45) is 7.05 Å². The van der Waals surface area contributed by atoms with Crippen molar-refractivity contribution < 1.29 is 4.79 Å². The summed E-state index contributed by atoms with van der Waals surface area (Å²) in [6.45, 7) is 0. The minimum atomic E-state index is -0.212. The minimum Gasteiger partial charge on any atom is -0.345 e. The normalized spacial score (nSPS) is 11.0. The summed E-state index contributed by atoms with van der Waals surface area (Å²) in [5, 5.41) is 3.43. The number of benzene rings is 2. The van der Waals surface area contributed by atoms with E-state index in [1.807, 2.05) is 48.5 Å². The van der Waals surface area contributed by atoms with Gasteiger partial charge in [-0.2, -0.15) is 0 Å². The topological polar surface area (TPSA) is 62.7 Å². The third kappa shape index (κ3) is 3.02. The molecule has 0 unspecified atom stereocenters. The van der Waals surface area contributed by atoms with Gasteiger partial charge in [0, 0.05) is 24.5 Å². The van der Waals surface area contributed by atoms with Gasteiger partial charge in [0.05, 0.1) is 16.1 Å². The fraction of sp³-hybridized carbons (Fsp3) is 0.0526. The van der Waals surface area contributed by atoms with Crippen LogP contribution in [0.3, 0.4) is 0 Å². The number of aryl methyl sites for hydroxylation is 1. The number of aromatic amines is 1. The maximum absolute atomic E-state index is 12.4. The second-order valence-corrected chi connectivity index (χ2v) is 6.23. The summed E-state index contributed by atoms with van der Waals surface area (Å²) in [7, 11) is 1.78. The van der Waals surface area contributed by atoms with E-state index in [1.54, 1.807) is 23.9 Å². The van der Waals surface area contributed by atoms with Crippen LogP contribution in [0, 0.1) is 0 Å². The molecule has 0 aliphatic rings. The maximum Gasteiger partial charge on any atom is 0.272 e. The van der Waals surface area contributed by atoms with Gasteiger partial charge in [-0.25, -0.2) is 4.98 Å². The molecule has 0 radical (unpaired) electrons. The lowest BCUT2D eigenvalue weighted by molar-refractivity contribution is 0.101. The van der Waals surface area contributed by atoms with Crippen molar-refractivity contribution in [3.63, 3.8) is 0 Å². The van der Waals surface area contributed by atoms with Crippen LogP contribution in [0.4, 0.5) is 5.69 Å². The van der Waals surface area contributed by atoms with Gasteiger partial charge in [-0.05, 0) is 30.3 Å². The van der Waals surface area contributed by atoms with Crippen LogP contribution >= 0.6 is 11.6 Å². The summed E-state index contributed by atoms with van der Waals surface area (Å²) in [4.78, 5) is 20.3. The number of hydrogen-bond acceptors (Lipinski definition) is 2. The summed E-state index contributed by atoms with van der Waals surface area (Å²) in [5.41, 5.74) is 3.98. The molecule has 5 nitrogen and oxygen atoms in total. The van der Waals surface area contributed by atoms with Crippen molar-refractivity contribution in [3.05, 3.63) is 71.5 Å². The van der Waals surface area contributed by atoms with Crippen molar-refractivity contribution in [1.29, 1.82) is 0 Å². The Morgan fingerprint density at radius 3 is 2.76 bits per heavy atom. The highest BCUT2D eigenvalue weighted by Crippen LogP contribution is 2.23. The zero-order chi connectivity index (χ0) is 17.4. The third-order valence-corrected chi connectivity index (χ3v) is 4.19. The van der Waals surface area contributed by atoms with Gasteiger partial charge in [0.1, 0.15) is 11.5 Å². The molecule has 4 rings (SSSR count). The van der Waals surface area contributed by atoms with E-state index < -0.39 is 0 Å². The molecule has 25 heavy (non-hydrogen) atoms. The number of anilines is 1. The molecule has 6 heteroatoms. The van der Waals surface area contributed by atoms with Crippen LogP contribution in [0.25, 0.3) is 22.4 Å². The number of halogens is 1. The second-order valence-electron chi connectivity index (χ2n) is 5.79. The van der Waals surface area contributed by atoms with E-state index in [0.29, 0.717) is 16.4 Å². The van der Waals surface area contributed by atoms with Crippen molar-refractivity contribution in [1.82, 2.24) is 14.5 Å². The fourth-order valence-electron chi connectivity index (χ4n) is 2.78. The lowest BCUT2D eigenvalue weighted by Gasteiger charge is -2.07. The Kier molecular flexibility index (Phi) is 3.78. The predicted molar refractivity (Wildman–Crippen MR) is 99.9 cm³/mol. The first-order chi connectivity index (χ1) is 12.1. The number of nitrogens with one attached hydrogen (secondary N) is 2. The zero-order valence-electron chi connectivity index (χ0n) is 13.5. The van der Waals surface area contributed by atoms with Crippen LogP contribution in [0.5, 0.6) is 0 Å². The van der Waals surface area contributed by atoms with Gasteiger partial charge >= 0.3 is 0 Å². The average Bonchev–Trinajstić information content (AvgIpc) is 3.18. The number of H-pyrrole nitrogens is 1. The van der Waals surface area contributed by atoms with Crippen LogP contribution in [-0.4, -0.2) is 20.4 Å². The zero-order valence-corrected chi connectivity index (χ0v) is 14.2. The number of rotatable bonds is 3.